The molecule has 0 fully saturated rings. The number of halogens is 2. The number of para-hydroxylation sites is 1. The van der Waals surface area contributed by atoms with Crippen LogP contribution >= 0.6 is 22.9 Å². The molecule has 0 aliphatic carbocycles. The highest BCUT2D eigenvalue weighted by molar-refractivity contribution is 7.14. The van der Waals surface area contributed by atoms with Crippen LogP contribution in [0.25, 0.3) is 17.3 Å². The van der Waals surface area contributed by atoms with Gasteiger partial charge in [0.15, 0.2) is 16.6 Å². The summed E-state index contributed by atoms with van der Waals surface area (Å²) in [5.74, 6) is 0.333. The van der Waals surface area contributed by atoms with Crippen LogP contribution in [-0.4, -0.2) is 24.6 Å². The maximum Gasteiger partial charge on any atom is 0.257 e. The van der Waals surface area contributed by atoms with Gasteiger partial charge in [0.2, 0.25) is 0 Å². The number of amides is 1. The molecule has 0 saturated carbocycles. The molecule has 35 heavy (non-hydrogen) atoms. The molecule has 1 aromatic heterocycles. The Morgan fingerprint density at radius 3 is 2.57 bits per heavy atom. The lowest BCUT2D eigenvalue weighted by molar-refractivity contribution is -0.113. The lowest BCUT2D eigenvalue weighted by atomic mass is 10.1. The van der Waals surface area contributed by atoms with Crippen LogP contribution in [-0.2, 0) is 4.79 Å². The van der Waals surface area contributed by atoms with Crippen molar-refractivity contribution in [2.24, 2.45) is 0 Å². The standard InChI is InChI=1S/C27H22ClFN2O3S/c1-3-34-24-16-18(15-22(28)26(24)33-2)9-14-25(32)31(21-7-5-4-6-8-21)27-30-23(17-35-27)19-10-12-20(29)13-11-19/h4-17H,3H2,1-2H3/b14-9+. The summed E-state index contributed by atoms with van der Waals surface area (Å²) < 4.78 is 24.3. The molecule has 8 heteroatoms. The number of thiazole rings is 1. The van der Waals surface area contributed by atoms with Crippen molar-refractivity contribution in [1.29, 1.82) is 0 Å². The van der Waals surface area contributed by atoms with Gasteiger partial charge in [0, 0.05) is 17.0 Å². The fourth-order valence-corrected chi connectivity index (χ4v) is 4.57. The van der Waals surface area contributed by atoms with E-state index in [2.05, 4.69) is 4.98 Å². The Kier molecular flexibility index (Phi) is 7.80. The SMILES string of the molecule is CCOc1cc(/C=C/C(=O)N(c2ccccc2)c2nc(-c3ccc(F)cc3)cs2)cc(Cl)c1OC. The molecule has 5 nitrogen and oxygen atoms in total. The second-order valence-electron chi connectivity index (χ2n) is 7.33. The van der Waals surface area contributed by atoms with E-state index in [0.29, 0.717) is 45.2 Å². The minimum Gasteiger partial charge on any atom is -0.491 e. The first-order chi connectivity index (χ1) is 17.0. The number of aromatic nitrogens is 1. The van der Waals surface area contributed by atoms with Gasteiger partial charge >= 0.3 is 0 Å². The number of ether oxygens (including phenoxy) is 2. The molecule has 1 heterocycles. The van der Waals surface area contributed by atoms with Gasteiger partial charge in [-0.15, -0.1) is 11.3 Å². The minimum atomic E-state index is -0.318. The Bertz CT molecular complexity index is 1340. The summed E-state index contributed by atoms with van der Waals surface area (Å²) in [5, 5.41) is 2.72. The Balaban J connectivity index is 1.66. The van der Waals surface area contributed by atoms with Crippen LogP contribution in [0.15, 0.2) is 78.2 Å². The molecule has 0 aliphatic rings. The summed E-state index contributed by atoms with van der Waals surface area (Å²) in [7, 11) is 1.52. The Labute approximate surface area is 212 Å². The van der Waals surface area contributed by atoms with Crippen LogP contribution < -0.4 is 14.4 Å². The monoisotopic (exact) mass is 508 g/mol. The van der Waals surface area contributed by atoms with Crippen molar-refractivity contribution in [2.45, 2.75) is 6.92 Å². The fourth-order valence-electron chi connectivity index (χ4n) is 3.42. The summed E-state index contributed by atoms with van der Waals surface area (Å²) in [6.07, 6.45) is 3.13. The van der Waals surface area contributed by atoms with E-state index in [4.69, 9.17) is 21.1 Å². The molecule has 4 aromatic rings. The number of anilines is 2. The third-order valence-corrected chi connectivity index (χ3v) is 6.12. The summed E-state index contributed by atoms with van der Waals surface area (Å²) in [6.45, 7) is 2.31. The molecule has 4 rings (SSSR count). The van der Waals surface area contributed by atoms with Gasteiger partial charge in [-0.2, -0.15) is 0 Å². The molecule has 0 bridgehead atoms. The highest BCUT2D eigenvalue weighted by atomic mass is 35.5. The first-order valence-electron chi connectivity index (χ1n) is 10.8. The number of nitrogens with zero attached hydrogens (tertiary/aromatic N) is 2. The van der Waals surface area contributed by atoms with Gasteiger partial charge in [0.25, 0.3) is 5.91 Å². The van der Waals surface area contributed by atoms with Crippen molar-refractivity contribution >= 4 is 45.7 Å². The van der Waals surface area contributed by atoms with Crippen LogP contribution in [0.2, 0.25) is 5.02 Å². The molecule has 0 unspecified atom stereocenters. The summed E-state index contributed by atoms with van der Waals surface area (Å²) in [5.41, 5.74) is 2.78. The minimum absolute atomic E-state index is 0.291. The van der Waals surface area contributed by atoms with E-state index in [1.54, 1.807) is 30.3 Å². The van der Waals surface area contributed by atoms with E-state index < -0.39 is 0 Å². The molecule has 0 aliphatic heterocycles. The van der Waals surface area contributed by atoms with Crippen molar-refractivity contribution in [2.75, 3.05) is 18.6 Å². The number of benzene rings is 3. The number of hydrogen-bond donors (Lipinski definition) is 0. The van der Waals surface area contributed by atoms with E-state index in [0.717, 1.165) is 5.56 Å². The van der Waals surface area contributed by atoms with Crippen molar-refractivity contribution in [3.05, 3.63) is 94.6 Å². The summed E-state index contributed by atoms with van der Waals surface area (Å²) in [6, 6.07) is 18.8. The number of carbonyl (C=O) groups excluding carboxylic acids is 1. The molecule has 0 radical (unpaired) electrons. The topological polar surface area (TPSA) is 51.7 Å². The van der Waals surface area contributed by atoms with E-state index in [1.165, 1.54) is 41.6 Å². The highest BCUT2D eigenvalue weighted by Crippen LogP contribution is 2.37. The van der Waals surface area contributed by atoms with Crippen molar-refractivity contribution in [1.82, 2.24) is 4.98 Å². The molecule has 0 spiro atoms. The molecule has 0 atom stereocenters. The van der Waals surface area contributed by atoms with Gasteiger partial charge in [-0.3, -0.25) is 9.69 Å². The Morgan fingerprint density at radius 1 is 1.14 bits per heavy atom. The first kappa shape index (κ1) is 24.4. The number of rotatable bonds is 8. The van der Waals surface area contributed by atoms with Gasteiger partial charge < -0.3 is 9.47 Å². The molecule has 0 N–H and O–H groups in total. The fraction of sp³-hybridized carbons (Fsp3) is 0.111. The lowest BCUT2D eigenvalue weighted by Crippen LogP contribution is -2.23. The second-order valence-corrected chi connectivity index (χ2v) is 8.58. The first-order valence-corrected chi connectivity index (χ1v) is 12.0. The van der Waals surface area contributed by atoms with E-state index in [-0.39, 0.29) is 11.7 Å². The zero-order valence-electron chi connectivity index (χ0n) is 19.1. The van der Waals surface area contributed by atoms with Gasteiger partial charge in [-0.1, -0.05) is 29.8 Å². The van der Waals surface area contributed by atoms with Crippen LogP contribution in [0.5, 0.6) is 11.5 Å². The van der Waals surface area contributed by atoms with Gasteiger partial charge in [0.05, 0.1) is 30.1 Å². The Hall–Kier alpha value is -3.68. The largest absolute Gasteiger partial charge is 0.491 e. The molecule has 1 amide bonds. The molecule has 178 valence electrons. The third kappa shape index (κ3) is 5.70. The predicted octanol–water partition coefficient (Wildman–Crippen LogP) is 7.39. The maximum absolute atomic E-state index is 13.4. The average molecular weight is 509 g/mol. The van der Waals surface area contributed by atoms with Crippen molar-refractivity contribution in [3.8, 4) is 22.8 Å². The molecule has 3 aromatic carbocycles. The van der Waals surface area contributed by atoms with Crippen LogP contribution in [0.1, 0.15) is 12.5 Å². The zero-order chi connectivity index (χ0) is 24.8. The number of carbonyl (C=O) groups is 1. The van der Waals surface area contributed by atoms with Crippen molar-refractivity contribution < 1.29 is 18.7 Å². The summed E-state index contributed by atoms with van der Waals surface area (Å²) in [4.78, 5) is 19.6. The van der Waals surface area contributed by atoms with Crippen LogP contribution in [0.4, 0.5) is 15.2 Å². The van der Waals surface area contributed by atoms with Gasteiger partial charge in [0.1, 0.15) is 5.82 Å². The normalized spacial score (nSPS) is 11.0. The smallest absolute Gasteiger partial charge is 0.257 e. The van der Waals surface area contributed by atoms with Crippen LogP contribution in [0.3, 0.4) is 0 Å². The van der Waals surface area contributed by atoms with E-state index in [9.17, 15) is 9.18 Å². The van der Waals surface area contributed by atoms with Crippen LogP contribution in [0, 0.1) is 5.82 Å². The zero-order valence-corrected chi connectivity index (χ0v) is 20.6. The van der Waals surface area contributed by atoms with Gasteiger partial charge in [-0.25, -0.2) is 9.37 Å². The van der Waals surface area contributed by atoms with E-state index >= 15 is 0 Å². The lowest BCUT2D eigenvalue weighted by Gasteiger charge is -2.18. The van der Waals surface area contributed by atoms with Crippen molar-refractivity contribution in [3.63, 3.8) is 0 Å². The second kappa shape index (κ2) is 11.2. The number of methoxy groups -OCH3 is 1. The maximum atomic E-state index is 13.4. The van der Waals surface area contributed by atoms with E-state index in [1.807, 2.05) is 42.6 Å². The van der Waals surface area contributed by atoms with Gasteiger partial charge in [-0.05, 0) is 67.1 Å². The predicted molar refractivity (Wildman–Crippen MR) is 139 cm³/mol. The highest BCUT2D eigenvalue weighted by Gasteiger charge is 2.20. The molecule has 0 saturated heterocycles. The Morgan fingerprint density at radius 2 is 1.89 bits per heavy atom. The molecular formula is C27H22ClFN2O3S. The average Bonchev–Trinajstić information content (AvgIpc) is 3.34. The third-order valence-electron chi connectivity index (χ3n) is 5.01. The number of hydrogen-bond acceptors (Lipinski definition) is 5. The summed E-state index contributed by atoms with van der Waals surface area (Å²) >= 11 is 7.67. The molecular weight excluding hydrogens is 487 g/mol. The quantitative estimate of drug-likeness (QED) is 0.233.